The molecule has 0 atom stereocenters. The first-order chi connectivity index (χ1) is 6.92. The van der Waals surface area contributed by atoms with Crippen molar-refractivity contribution in [3.63, 3.8) is 0 Å². The Morgan fingerprint density at radius 3 is 2.33 bits per heavy atom. The van der Waals surface area contributed by atoms with Crippen molar-refractivity contribution < 1.29 is 17.9 Å². The highest BCUT2D eigenvalue weighted by molar-refractivity contribution is 7.89. The lowest BCUT2D eigenvalue weighted by Crippen LogP contribution is -2.17. The summed E-state index contributed by atoms with van der Waals surface area (Å²) in [4.78, 5) is 0. The van der Waals surface area contributed by atoms with Gasteiger partial charge < -0.3 is 9.47 Å². The molecule has 0 heterocycles. The lowest BCUT2D eigenvalue weighted by molar-refractivity contribution is 0.0189. The van der Waals surface area contributed by atoms with Gasteiger partial charge in [0.2, 0.25) is 10.0 Å². The summed E-state index contributed by atoms with van der Waals surface area (Å²) in [5, 5.41) is 4.84. The van der Waals surface area contributed by atoms with Gasteiger partial charge in [0.05, 0.1) is 25.1 Å². The summed E-state index contributed by atoms with van der Waals surface area (Å²) in [6.07, 6.45) is 1.47. The molecular formula is C9H21NO4S. The zero-order valence-corrected chi connectivity index (χ0v) is 10.3. The highest BCUT2D eigenvalue weighted by Gasteiger charge is 2.01. The second-order valence-electron chi connectivity index (χ2n) is 3.61. The van der Waals surface area contributed by atoms with Crippen molar-refractivity contribution in [1.82, 2.24) is 0 Å². The first kappa shape index (κ1) is 14.8. The summed E-state index contributed by atoms with van der Waals surface area (Å²) in [7, 11) is -3.31. The highest BCUT2D eigenvalue weighted by atomic mass is 32.2. The van der Waals surface area contributed by atoms with E-state index in [0.29, 0.717) is 32.7 Å². The van der Waals surface area contributed by atoms with Crippen molar-refractivity contribution in [2.75, 3.05) is 25.6 Å². The Bertz CT molecular complexity index is 238. The molecule has 0 fully saturated rings. The van der Waals surface area contributed by atoms with E-state index in [2.05, 4.69) is 0 Å². The highest BCUT2D eigenvalue weighted by Crippen LogP contribution is 1.94. The average molecular weight is 239 g/mol. The number of rotatable bonds is 9. The average Bonchev–Trinajstić information content (AvgIpc) is 2.07. The molecule has 0 saturated heterocycles. The van der Waals surface area contributed by atoms with Gasteiger partial charge in [-0.2, -0.15) is 0 Å². The minimum absolute atomic E-state index is 0.0266. The van der Waals surface area contributed by atoms with E-state index < -0.39 is 10.0 Å². The van der Waals surface area contributed by atoms with Crippen molar-refractivity contribution in [2.45, 2.75) is 32.8 Å². The molecule has 92 valence electrons. The smallest absolute Gasteiger partial charge is 0.209 e. The Hall–Kier alpha value is -0.170. The monoisotopic (exact) mass is 239 g/mol. The Balaban J connectivity index is 3.12. The second kappa shape index (κ2) is 8.04. The zero-order valence-electron chi connectivity index (χ0n) is 9.44. The molecule has 0 aromatic carbocycles. The van der Waals surface area contributed by atoms with Gasteiger partial charge in [-0.1, -0.05) is 0 Å². The third-order valence-electron chi connectivity index (χ3n) is 1.65. The summed E-state index contributed by atoms with van der Waals surface area (Å²) in [6, 6.07) is 0. The topological polar surface area (TPSA) is 78.6 Å². The van der Waals surface area contributed by atoms with Crippen LogP contribution in [0.2, 0.25) is 0 Å². The van der Waals surface area contributed by atoms with Gasteiger partial charge in [0.15, 0.2) is 0 Å². The van der Waals surface area contributed by atoms with Crippen LogP contribution in [0.3, 0.4) is 0 Å². The predicted octanol–water partition coefficient (Wildman–Crippen LogP) is 0.497. The SMILES string of the molecule is CC(C)OCCOCCCCS(N)(=O)=O. The van der Waals surface area contributed by atoms with Crippen molar-refractivity contribution in [3.8, 4) is 0 Å². The Kier molecular flexibility index (Phi) is 7.95. The molecule has 0 aromatic rings. The zero-order chi connectivity index (χ0) is 11.7. The van der Waals surface area contributed by atoms with Crippen LogP contribution in [0.15, 0.2) is 0 Å². The molecule has 2 N–H and O–H groups in total. The third-order valence-corrected chi connectivity index (χ3v) is 2.50. The molecule has 15 heavy (non-hydrogen) atoms. The lowest BCUT2D eigenvalue weighted by atomic mass is 10.4. The van der Waals surface area contributed by atoms with Gasteiger partial charge >= 0.3 is 0 Å². The number of sulfonamides is 1. The quantitative estimate of drug-likeness (QED) is 0.594. The fourth-order valence-corrected chi connectivity index (χ4v) is 1.56. The van der Waals surface area contributed by atoms with Crippen LogP contribution < -0.4 is 5.14 Å². The molecule has 0 rings (SSSR count). The predicted molar refractivity (Wildman–Crippen MR) is 59.1 cm³/mol. The van der Waals surface area contributed by atoms with Crippen LogP contribution in [0.1, 0.15) is 26.7 Å². The van der Waals surface area contributed by atoms with E-state index in [1.165, 1.54) is 0 Å². The van der Waals surface area contributed by atoms with E-state index >= 15 is 0 Å². The van der Waals surface area contributed by atoms with E-state index in [1.807, 2.05) is 13.8 Å². The minimum Gasteiger partial charge on any atom is -0.379 e. The number of ether oxygens (including phenoxy) is 2. The van der Waals surface area contributed by atoms with Crippen LogP contribution in [-0.2, 0) is 19.5 Å². The van der Waals surface area contributed by atoms with Crippen LogP contribution >= 0.6 is 0 Å². The first-order valence-corrected chi connectivity index (χ1v) is 6.83. The van der Waals surface area contributed by atoms with Gasteiger partial charge in [-0.3, -0.25) is 0 Å². The molecule has 0 unspecified atom stereocenters. The molecule has 0 spiro atoms. The van der Waals surface area contributed by atoms with Crippen molar-refractivity contribution >= 4 is 10.0 Å². The number of unbranched alkanes of at least 4 members (excludes halogenated alkanes) is 1. The van der Waals surface area contributed by atoms with E-state index in [4.69, 9.17) is 14.6 Å². The number of hydrogen-bond acceptors (Lipinski definition) is 4. The maximum absolute atomic E-state index is 10.6. The fourth-order valence-electron chi connectivity index (χ4n) is 0.952. The summed E-state index contributed by atoms with van der Waals surface area (Å²) < 4.78 is 31.6. The first-order valence-electron chi connectivity index (χ1n) is 5.11. The van der Waals surface area contributed by atoms with Gasteiger partial charge in [0.1, 0.15) is 0 Å². The normalized spacial score (nSPS) is 12.3. The van der Waals surface area contributed by atoms with E-state index in [-0.39, 0.29) is 11.9 Å². The van der Waals surface area contributed by atoms with Crippen LogP contribution in [0.4, 0.5) is 0 Å². The van der Waals surface area contributed by atoms with Crippen molar-refractivity contribution in [1.29, 1.82) is 0 Å². The standard InChI is InChI=1S/C9H21NO4S/c1-9(2)14-7-6-13-5-3-4-8-15(10,11)12/h9H,3-8H2,1-2H3,(H2,10,11,12). The van der Waals surface area contributed by atoms with Gasteiger partial charge in [0.25, 0.3) is 0 Å². The Morgan fingerprint density at radius 2 is 1.80 bits per heavy atom. The molecule has 0 bridgehead atoms. The second-order valence-corrected chi connectivity index (χ2v) is 5.34. The molecule has 0 aliphatic rings. The van der Waals surface area contributed by atoms with Gasteiger partial charge in [0, 0.05) is 6.61 Å². The van der Waals surface area contributed by atoms with Crippen LogP contribution in [0.5, 0.6) is 0 Å². The van der Waals surface area contributed by atoms with Crippen molar-refractivity contribution in [2.24, 2.45) is 5.14 Å². The molecule has 0 aromatic heterocycles. The molecule has 0 aliphatic carbocycles. The number of primary sulfonamides is 1. The minimum atomic E-state index is -3.31. The molecule has 5 nitrogen and oxygen atoms in total. The summed E-state index contributed by atoms with van der Waals surface area (Å²) >= 11 is 0. The number of nitrogens with two attached hydrogens (primary N) is 1. The summed E-state index contributed by atoms with van der Waals surface area (Å²) in [5.74, 6) is 0.0266. The van der Waals surface area contributed by atoms with E-state index in [1.54, 1.807) is 0 Å². The molecule has 0 aliphatic heterocycles. The van der Waals surface area contributed by atoms with Gasteiger partial charge in [-0.15, -0.1) is 0 Å². The van der Waals surface area contributed by atoms with Crippen LogP contribution in [-0.4, -0.2) is 40.1 Å². The number of hydrogen-bond donors (Lipinski definition) is 1. The molecule has 6 heteroatoms. The van der Waals surface area contributed by atoms with E-state index in [9.17, 15) is 8.42 Å². The molecule has 0 amide bonds. The maximum atomic E-state index is 10.6. The largest absolute Gasteiger partial charge is 0.379 e. The molecular weight excluding hydrogens is 218 g/mol. The van der Waals surface area contributed by atoms with Crippen LogP contribution in [0.25, 0.3) is 0 Å². The van der Waals surface area contributed by atoms with Gasteiger partial charge in [-0.25, -0.2) is 13.6 Å². The molecule has 0 radical (unpaired) electrons. The lowest BCUT2D eigenvalue weighted by Gasteiger charge is -2.07. The fraction of sp³-hybridized carbons (Fsp3) is 1.00. The third kappa shape index (κ3) is 13.8. The summed E-state index contributed by atoms with van der Waals surface area (Å²) in [5.41, 5.74) is 0. The van der Waals surface area contributed by atoms with Crippen LogP contribution in [0, 0.1) is 0 Å². The maximum Gasteiger partial charge on any atom is 0.209 e. The molecule has 0 saturated carbocycles. The Labute approximate surface area is 92.0 Å². The van der Waals surface area contributed by atoms with Gasteiger partial charge in [-0.05, 0) is 26.7 Å². The summed E-state index contributed by atoms with van der Waals surface area (Å²) in [6.45, 7) is 5.61. The van der Waals surface area contributed by atoms with E-state index in [0.717, 1.165) is 0 Å². The van der Waals surface area contributed by atoms with Crippen molar-refractivity contribution in [3.05, 3.63) is 0 Å². The Morgan fingerprint density at radius 1 is 1.13 bits per heavy atom.